The van der Waals surface area contributed by atoms with Gasteiger partial charge in [0.05, 0.1) is 5.60 Å². The van der Waals surface area contributed by atoms with Crippen molar-refractivity contribution in [3.8, 4) is 0 Å². The van der Waals surface area contributed by atoms with Crippen molar-refractivity contribution in [2.45, 2.75) is 25.4 Å². The van der Waals surface area contributed by atoms with E-state index < -0.39 is 5.60 Å². The first-order chi connectivity index (χ1) is 4.70. The lowest BCUT2D eigenvalue weighted by molar-refractivity contribution is 0.0511. The molecule has 1 aliphatic heterocycles. The van der Waals surface area contributed by atoms with Gasteiger partial charge in [0.2, 0.25) is 0 Å². The normalized spacial score (nSPS) is 32.8. The molecule has 1 atom stereocenters. The Kier molecular flexibility index (Phi) is 1.94. The summed E-state index contributed by atoms with van der Waals surface area (Å²) in [5, 5.41) is 9.58. The van der Waals surface area contributed by atoms with Gasteiger partial charge < -0.3 is 10.0 Å². The standard InChI is InChI=1S/C7H12NO2/c1-2-7(10)3-4-8(5-7)6-9/h10H,2-5H2,1H3. The molecule has 1 heterocycles. The molecule has 0 aliphatic carbocycles. The molecular formula is C7H12NO2. The van der Waals surface area contributed by atoms with Crippen molar-refractivity contribution in [2.75, 3.05) is 13.1 Å². The molecule has 0 bridgehead atoms. The van der Waals surface area contributed by atoms with Crippen LogP contribution in [-0.4, -0.2) is 35.1 Å². The molecule has 1 rings (SSSR count). The summed E-state index contributed by atoms with van der Waals surface area (Å²) >= 11 is 0. The zero-order valence-electron chi connectivity index (χ0n) is 6.13. The third-order valence-electron chi connectivity index (χ3n) is 2.12. The van der Waals surface area contributed by atoms with Crippen LogP contribution < -0.4 is 0 Å². The first-order valence-corrected chi connectivity index (χ1v) is 3.55. The average Bonchev–Trinajstić information content (AvgIpc) is 2.33. The van der Waals surface area contributed by atoms with Crippen molar-refractivity contribution >= 4 is 6.41 Å². The van der Waals surface area contributed by atoms with E-state index in [-0.39, 0.29) is 0 Å². The van der Waals surface area contributed by atoms with Crippen LogP contribution in [0.3, 0.4) is 0 Å². The van der Waals surface area contributed by atoms with E-state index in [1.807, 2.05) is 6.92 Å². The topological polar surface area (TPSA) is 40.5 Å². The predicted molar refractivity (Wildman–Crippen MR) is 37.1 cm³/mol. The van der Waals surface area contributed by atoms with Crippen LogP contribution in [0.2, 0.25) is 0 Å². The van der Waals surface area contributed by atoms with Gasteiger partial charge in [0.15, 0.2) is 0 Å². The highest BCUT2D eigenvalue weighted by Gasteiger charge is 2.33. The molecule has 0 aromatic heterocycles. The van der Waals surface area contributed by atoms with E-state index in [2.05, 4.69) is 0 Å². The Labute approximate surface area is 60.6 Å². The highest BCUT2D eigenvalue weighted by Crippen LogP contribution is 2.22. The van der Waals surface area contributed by atoms with Crippen molar-refractivity contribution in [1.82, 2.24) is 4.90 Å². The molecule has 3 heteroatoms. The lowest BCUT2D eigenvalue weighted by Crippen LogP contribution is -2.31. The summed E-state index contributed by atoms with van der Waals surface area (Å²) in [7, 11) is 0. The number of β-amino-alcohol motifs (C(OH)–C–C–N with tert-alkyl or cyclic N) is 1. The van der Waals surface area contributed by atoms with E-state index >= 15 is 0 Å². The number of aliphatic hydroxyl groups is 1. The van der Waals surface area contributed by atoms with Gasteiger partial charge >= 0.3 is 6.41 Å². The molecule has 1 radical (unpaired) electrons. The largest absolute Gasteiger partial charge is 0.388 e. The Morgan fingerprint density at radius 2 is 2.50 bits per heavy atom. The van der Waals surface area contributed by atoms with Gasteiger partial charge in [-0.3, -0.25) is 4.79 Å². The summed E-state index contributed by atoms with van der Waals surface area (Å²) in [5.41, 5.74) is -0.628. The molecule has 0 aromatic rings. The highest BCUT2D eigenvalue weighted by atomic mass is 16.3. The number of likely N-dealkylation sites (tertiary alicyclic amines) is 1. The van der Waals surface area contributed by atoms with Gasteiger partial charge in [-0.2, -0.15) is 0 Å². The Morgan fingerprint density at radius 3 is 2.80 bits per heavy atom. The smallest absolute Gasteiger partial charge is 0.312 e. The summed E-state index contributed by atoms with van der Waals surface area (Å²) in [5.74, 6) is 0. The van der Waals surface area contributed by atoms with Crippen molar-refractivity contribution in [2.24, 2.45) is 0 Å². The van der Waals surface area contributed by atoms with Gasteiger partial charge in [0.25, 0.3) is 0 Å². The third-order valence-corrected chi connectivity index (χ3v) is 2.12. The molecule has 1 aliphatic rings. The van der Waals surface area contributed by atoms with E-state index in [9.17, 15) is 9.90 Å². The van der Waals surface area contributed by atoms with Crippen LogP contribution in [0.15, 0.2) is 0 Å². The minimum Gasteiger partial charge on any atom is -0.388 e. The Balaban J connectivity index is 2.48. The van der Waals surface area contributed by atoms with Gasteiger partial charge in [-0.25, -0.2) is 0 Å². The van der Waals surface area contributed by atoms with Gasteiger partial charge in [0.1, 0.15) is 0 Å². The average molecular weight is 142 g/mol. The number of nitrogens with zero attached hydrogens (tertiary/aromatic N) is 1. The van der Waals surface area contributed by atoms with Crippen LogP contribution in [0.25, 0.3) is 0 Å². The lowest BCUT2D eigenvalue weighted by atomic mass is 10.0. The van der Waals surface area contributed by atoms with Gasteiger partial charge in [-0.05, 0) is 12.8 Å². The van der Waals surface area contributed by atoms with Crippen molar-refractivity contribution < 1.29 is 9.90 Å². The number of hydrogen-bond donors (Lipinski definition) is 1. The molecule has 1 fully saturated rings. The molecule has 57 valence electrons. The van der Waals surface area contributed by atoms with E-state index in [0.29, 0.717) is 25.9 Å². The van der Waals surface area contributed by atoms with Crippen LogP contribution in [-0.2, 0) is 4.79 Å². The molecule has 3 nitrogen and oxygen atoms in total. The van der Waals surface area contributed by atoms with Crippen LogP contribution >= 0.6 is 0 Å². The maximum atomic E-state index is 10.1. The number of rotatable bonds is 2. The lowest BCUT2D eigenvalue weighted by Gasteiger charge is -2.18. The summed E-state index contributed by atoms with van der Waals surface area (Å²) in [4.78, 5) is 11.6. The van der Waals surface area contributed by atoms with E-state index in [4.69, 9.17) is 0 Å². The summed E-state index contributed by atoms with van der Waals surface area (Å²) < 4.78 is 0. The molecule has 0 spiro atoms. The molecule has 10 heavy (non-hydrogen) atoms. The second-order valence-electron chi connectivity index (χ2n) is 2.84. The van der Waals surface area contributed by atoms with Crippen LogP contribution in [0.1, 0.15) is 19.8 Å². The number of amides is 1. The summed E-state index contributed by atoms with van der Waals surface area (Å²) in [6, 6.07) is 0. The Morgan fingerprint density at radius 1 is 1.80 bits per heavy atom. The molecular weight excluding hydrogens is 130 g/mol. The molecule has 1 saturated heterocycles. The van der Waals surface area contributed by atoms with Crippen molar-refractivity contribution in [3.63, 3.8) is 0 Å². The molecule has 0 saturated carbocycles. The van der Waals surface area contributed by atoms with E-state index in [1.54, 1.807) is 6.41 Å². The maximum Gasteiger partial charge on any atom is 0.312 e. The fourth-order valence-electron chi connectivity index (χ4n) is 1.22. The second kappa shape index (κ2) is 2.58. The molecule has 1 unspecified atom stereocenters. The first-order valence-electron chi connectivity index (χ1n) is 3.55. The zero-order chi connectivity index (χ0) is 7.61. The quantitative estimate of drug-likeness (QED) is 0.585. The zero-order valence-corrected chi connectivity index (χ0v) is 6.13. The van der Waals surface area contributed by atoms with Crippen molar-refractivity contribution in [1.29, 1.82) is 0 Å². The second-order valence-corrected chi connectivity index (χ2v) is 2.84. The monoisotopic (exact) mass is 142 g/mol. The molecule has 1 amide bonds. The number of carbonyl (C=O) groups excluding carboxylic acids is 1. The Hall–Kier alpha value is -0.570. The van der Waals surface area contributed by atoms with Crippen LogP contribution in [0, 0.1) is 0 Å². The van der Waals surface area contributed by atoms with Crippen LogP contribution in [0.5, 0.6) is 0 Å². The SMILES string of the molecule is CCC1(O)CCN([C]=O)C1. The van der Waals surface area contributed by atoms with Gasteiger partial charge in [-0.15, -0.1) is 0 Å². The molecule has 0 aromatic carbocycles. The van der Waals surface area contributed by atoms with Gasteiger partial charge in [0, 0.05) is 13.1 Å². The minimum atomic E-state index is -0.628. The minimum absolute atomic E-state index is 0.451. The Bertz CT molecular complexity index is 138. The molecule has 1 N–H and O–H groups in total. The third kappa shape index (κ3) is 1.29. The fourth-order valence-corrected chi connectivity index (χ4v) is 1.22. The van der Waals surface area contributed by atoms with Crippen molar-refractivity contribution in [3.05, 3.63) is 0 Å². The van der Waals surface area contributed by atoms with Crippen LogP contribution in [0.4, 0.5) is 0 Å². The van der Waals surface area contributed by atoms with E-state index in [0.717, 1.165) is 0 Å². The van der Waals surface area contributed by atoms with Gasteiger partial charge in [-0.1, -0.05) is 6.92 Å². The highest BCUT2D eigenvalue weighted by molar-refractivity contribution is 5.49. The predicted octanol–water partition coefficient (Wildman–Crippen LogP) is -0.0996. The maximum absolute atomic E-state index is 10.1. The fraction of sp³-hybridized carbons (Fsp3) is 0.857. The first kappa shape index (κ1) is 7.54. The number of hydrogen-bond acceptors (Lipinski definition) is 2. The van der Waals surface area contributed by atoms with E-state index in [1.165, 1.54) is 4.90 Å². The summed E-state index contributed by atoms with van der Waals surface area (Å²) in [6.45, 7) is 3.02. The summed E-state index contributed by atoms with van der Waals surface area (Å²) in [6.07, 6.45) is 3.18.